The summed E-state index contributed by atoms with van der Waals surface area (Å²) in [6, 6.07) is 8.27. The van der Waals surface area contributed by atoms with Crippen molar-refractivity contribution in [2.45, 2.75) is 38.5 Å². The van der Waals surface area contributed by atoms with E-state index in [1.165, 1.54) is 10.9 Å². The zero-order chi connectivity index (χ0) is 17.6. The third-order valence-electron chi connectivity index (χ3n) is 4.95. The number of hydrogen-bond acceptors (Lipinski definition) is 4. The molecule has 3 rings (SSSR count). The largest absolute Gasteiger partial charge is 0.393 e. The number of hydrogen-bond donors (Lipinski definition) is 3. The average molecular weight is 344 g/mol. The number of aryl methyl sites for hydroxylation is 1. The molecule has 0 bridgehead atoms. The van der Waals surface area contributed by atoms with Gasteiger partial charge in [0.1, 0.15) is 0 Å². The fraction of sp³-hybridized carbons (Fsp3) is 0.526. The van der Waals surface area contributed by atoms with Crippen LogP contribution >= 0.6 is 0 Å². The number of fused-ring (bicyclic) bond motifs is 1. The molecule has 0 unspecified atom stereocenters. The van der Waals surface area contributed by atoms with Crippen LogP contribution in [-0.2, 0) is 17.9 Å². The Morgan fingerprint density at radius 1 is 1.24 bits per heavy atom. The van der Waals surface area contributed by atoms with Crippen molar-refractivity contribution in [2.24, 2.45) is 5.73 Å². The van der Waals surface area contributed by atoms with Crippen molar-refractivity contribution < 1.29 is 9.90 Å². The summed E-state index contributed by atoms with van der Waals surface area (Å²) in [7, 11) is 0. The lowest BCUT2D eigenvalue weighted by Gasteiger charge is -2.29. The van der Waals surface area contributed by atoms with Crippen molar-refractivity contribution in [2.75, 3.05) is 26.2 Å². The molecule has 0 radical (unpaired) electrons. The molecule has 1 aromatic carbocycles. The first-order valence-electron chi connectivity index (χ1n) is 9.09. The molecule has 136 valence electrons. The maximum Gasteiger partial charge on any atom is 0.219 e. The van der Waals surface area contributed by atoms with Gasteiger partial charge in [0.25, 0.3) is 0 Å². The smallest absolute Gasteiger partial charge is 0.219 e. The zero-order valence-corrected chi connectivity index (χ0v) is 14.7. The van der Waals surface area contributed by atoms with Gasteiger partial charge in [0, 0.05) is 62.8 Å². The zero-order valence-electron chi connectivity index (χ0n) is 14.7. The molecule has 1 saturated heterocycles. The fourth-order valence-electron chi connectivity index (χ4n) is 3.48. The van der Waals surface area contributed by atoms with Crippen LogP contribution in [-0.4, -0.2) is 52.8 Å². The number of aliphatic hydroxyl groups excluding tert-OH is 1. The predicted molar refractivity (Wildman–Crippen MR) is 99.1 cm³/mol. The molecule has 2 heterocycles. The summed E-state index contributed by atoms with van der Waals surface area (Å²) in [4.78, 5) is 13.5. The highest BCUT2D eigenvalue weighted by Crippen LogP contribution is 2.21. The predicted octanol–water partition coefficient (Wildman–Crippen LogP) is 1.06. The van der Waals surface area contributed by atoms with Gasteiger partial charge in [-0.05, 0) is 24.5 Å². The van der Waals surface area contributed by atoms with Crippen LogP contribution in [0.1, 0.15) is 24.8 Å². The van der Waals surface area contributed by atoms with Crippen LogP contribution < -0.4 is 11.1 Å². The Hall–Kier alpha value is -1.89. The number of aliphatic hydroxyl groups is 1. The van der Waals surface area contributed by atoms with E-state index in [1.54, 1.807) is 0 Å². The van der Waals surface area contributed by atoms with E-state index >= 15 is 0 Å². The molecule has 1 aliphatic rings. The van der Waals surface area contributed by atoms with Gasteiger partial charge in [-0.15, -0.1) is 0 Å². The first-order chi connectivity index (χ1) is 12.1. The van der Waals surface area contributed by atoms with Crippen LogP contribution in [0.4, 0.5) is 0 Å². The van der Waals surface area contributed by atoms with Gasteiger partial charge >= 0.3 is 0 Å². The first-order valence-corrected chi connectivity index (χ1v) is 9.09. The number of nitrogens with one attached hydrogen (secondary N) is 1. The van der Waals surface area contributed by atoms with Crippen molar-refractivity contribution in [1.82, 2.24) is 14.8 Å². The number of piperidine rings is 1. The lowest BCUT2D eigenvalue weighted by atomic mass is 10.1. The third kappa shape index (κ3) is 4.81. The van der Waals surface area contributed by atoms with Crippen molar-refractivity contribution in [3.8, 4) is 0 Å². The quantitative estimate of drug-likeness (QED) is 0.626. The molecule has 2 aromatic rings. The maximum atomic E-state index is 11.1. The summed E-state index contributed by atoms with van der Waals surface area (Å²) in [5.41, 5.74) is 7.67. The number of carbonyl (C=O) groups is 1. The van der Waals surface area contributed by atoms with Gasteiger partial charge in [-0.2, -0.15) is 0 Å². The monoisotopic (exact) mass is 344 g/mol. The van der Waals surface area contributed by atoms with Gasteiger partial charge in [-0.3, -0.25) is 4.79 Å². The van der Waals surface area contributed by atoms with Crippen LogP contribution in [0.15, 0.2) is 30.5 Å². The number of likely N-dealkylation sites (tertiary alicyclic amines) is 1. The van der Waals surface area contributed by atoms with E-state index in [2.05, 4.69) is 33.1 Å². The molecule has 0 spiro atoms. The summed E-state index contributed by atoms with van der Waals surface area (Å²) in [5, 5.41) is 14.3. The topological polar surface area (TPSA) is 83.5 Å². The van der Waals surface area contributed by atoms with E-state index in [-0.39, 0.29) is 12.0 Å². The molecule has 6 nitrogen and oxygen atoms in total. The Labute approximate surface area is 148 Å². The maximum absolute atomic E-state index is 11.1. The SMILES string of the molecule is NC(=O)CCn1cc(CNCCN2CCC(O)CC2)c2ccccc21. The van der Waals surface area contributed by atoms with Crippen LogP contribution in [0.5, 0.6) is 0 Å². The summed E-state index contributed by atoms with van der Waals surface area (Å²) in [6.45, 7) is 5.32. The molecule has 6 heteroatoms. The minimum Gasteiger partial charge on any atom is -0.393 e. The van der Waals surface area contributed by atoms with Gasteiger partial charge in [-0.1, -0.05) is 18.2 Å². The van der Waals surface area contributed by atoms with Gasteiger partial charge < -0.3 is 25.6 Å². The number of amides is 1. The van der Waals surface area contributed by atoms with Gasteiger partial charge in [0.15, 0.2) is 0 Å². The second-order valence-corrected chi connectivity index (χ2v) is 6.83. The summed E-state index contributed by atoms with van der Waals surface area (Å²) in [6.07, 6.45) is 4.13. The Bertz CT molecular complexity index is 705. The van der Waals surface area contributed by atoms with Crippen molar-refractivity contribution in [3.05, 3.63) is 36.0 Å². The minimum atomic E-state index is -0.274. The summed E-state index contributed by atoms with van der Waals surface area (Å²) >= 11 is 0. The van der Waals surface area contributed by atoms with Crippen LogP contribution in [0.25, 0.3) is 10.9 Å². The molecule has 0 aliphatic carbocycles. The molecule has 4 N–H and O–H groups in total. The van der Waals surface area contributed by atoms with Gasteiger partial charge in [0.05, 0.1) is 6.10 Å². The molecular formula is C19H28N4O2. The number of nitrogens with two attached hydrogens (primary N) is 1. The number of rotatable bonds is 8. The van der Waals surface area contributed by atoms with E-state index < -0.39 is 0 Å². The second-order valence-electron chi connectivity index (χ2n) is 6.83. The Morgan fingerprint density at radius 3 is 2.76 bits per heavy atom. The number of aromatic nitrogens is 1. The molecule has 1 aliphatic heterocycles. The molecule has 1 aromatic heterocycles. The molecule has 1 amide bonds. The molecule has 1 fully saturated rings. The molecule has 0 saturated carbocycles. The van der Waals surface area contributed by atoms with E-state index in [0.29, 0.717) is 13.0 Å². The van der Waals surface area contributed by atoms with Crippen LogP contribution in [0.3, 0.4) is 0 Å². The Morgan fingerprint density at radius 2 is 2.00 bits per heavy atom. The highest BCUT2D eigenvalue weighted by molar-refractivity contribution is 5.84. The van der Waals surface area contributed by atoms with Crippen molar-refractivity contribution in [1.29, 1.82) is 0 Å². The number of carbonyl (C=O) groups excluding carboxylic acids is 1. The van der Waals surface area contributed by atoms with Crippen molar-refractivity contribution >= 4 is 16.8 Å². The van der Waals surface area contributed by atoms with Gasteiger partial charge in [0.2, 0.25) is 5.91 Å². The third-order valence-corrected chi connectivity index (χ3v) is 4.95. The molecule has 25 heavy (non-hydrogen) atoms. The fourth-order valence-corrected chi connectivity index (χ4v) is 3.48. The standard InChI is InChI=1S/C19H28N4O2/c20-19(25)7-11-23-14-15(17-3-1-2-4-18(17)23)13-21-8-12-22-9-5-16(24)6-10-22/h1-4,14,16,21,24H,5-13H2,(H2,20,25). The van der Waals surface area contributed by atoms with E-state index in [0.717, 1.165) is 51.1 Å². The minimum absolute atomic E-state index is 0.115. The number of nitrogens with zero attached hydrogens (tertiary/aromatic N) is 2. The van der Waals surface area contributed by atoms with Gasteiger partial charge in [-0.25, -0.2) is 0 Å². The summed E-state index contributed by atoms with van der Waals surface area (Å²) in [5.74, 6) is -0.274. The Kier molecular flexibility index (Phi) is 6.07. The summed E-state index contributed by atoms with van der Waals surface area (Å²) < 4.78 is 2.11. The van der Waals surface area contributed by atoms with Crippen LogP contribution in [0, 0.1) is 0 Å². The Balaban J connectivity index is 1.55. The normalized spacial score (nSPS) is 16.5. The van der Waals surface area contributed by atoms with E-state index in [1.807, 2.05) is 12.1 Å². The number of para-hydroxylation sites is 1. The van der Waals surface area contributed by atoms with Crippen molar-refractivity contribution in [3.63, 3.8) is 0 Å². The lowest BCUT2D eigenvalue weighted by Crippen LogP contribution is -2.39. The highest BCUT2D eigenvalue weighted by Gasteiger charge is 2.16. The number of primary amides is 1. The lowest BCUT2D eigenvalue weighted by molar-refractivity contribution is -0.118. The van der Waals surface area contributed by atoms with E-state index in [9.17, 15) is 9.90 Å². The number of benzene rings is 1. The van der Waals surface area contributed by atoms with E-state index in [4.69, 9.17) is 5.73 Å². The molecular weight excluding hydrogens is 316 g/mol. The first kappa shape index (κ1) is 17.9. The second kappa shape index (κ2) is 8.47. The van der Waals surface area contributed by atoms with Crippen LogP contribution in [0.2, 0.25) is 0 Å². The average Bonchev–Trinajstić information content (AvgIpc) is 2.97. The molecule has 0 atom stereocenters. The highest BCUT2D eigenvalue weighted by atomic mass is 16.3.